The largest absolute Gasteiger partial charge is 0.352 e. The highest BCUT2D eigenvalue weighted by Gasteiger charge is 2.32. The van der Waals surface area contributed by atoms with Crippen LogP contribution >= 0.6 is 11.8 Å². The van der Waals surface area contributed by atoms with Crippen LogP contribution in [0, 0.1) is 0 Å². The maximum Gasteiger partial charge on any atom is 0.251 e. The summed E-state index contributed by atoms with van der Waals surface area (Å²) in [6, 6.07) is 18.0. The van der Waals surface area contributed by atoms with Gasteiger partial charge in [-0.1, -0.05) is 42.5 Å². The summed E-state index contributed by atoms with van der Waals surface area (Å²) in [6.07, 6.45) is 4.43. The molecule has 0 bridgehead atoms. The van der Waals surface area contributed by atoms with Crippen LogP contribution < -0.4 is 5.32 Å². The fourth-order valence-corrected chi connectivity index (χ4v) is 5.50. The van der Waals surface area contributed by atoms with Gasteiger partial charge in [-0.3, -0.25) is 9.59 Å². The molecule has 31 heavy (non-hydrogen) atoms. The minimum Gasteiger partial charge on any atom is -0.352 e. The molecular weight excluding hydrogens is 406 g/mol. The Morgan fingerprint density at radius 1 is 1.00 bits per heavy atom. The molecule has 2 aromatic carbocycles. The Labute approximate surface area is 189 Å². The fraction of sp³-hybridized carbons (Fsp3) is 0.440. The van der Waals surface area contributed by atoms with Crippen LogP contribution in [-0.4, -0.2) is 60.1 Å². The number of nitrogens with zero attached hydrogens (tertiary/aromatic N) is 2. The summed E-state index contributed by atoms with van der Waals surface area (Å²) in [5.41, 5.74) is 2.99. The summed E-state index contributed by atoms with van der Waals surface area (Å²) in [5.74, 6) is 0.674. The minimum absolute atomic E-state index is 0.0220. The highest BCUT2D eigenvalue weighted by Crippen LogP contribution is 2.38. The molecule has 0 aliphatic carbocycles. The van der Waals surface area contributed by atoms with Crippen LogP contribution in [0.15, 0.2) is 54.6 Å². The monoisotopic (exact) mass is 437 g/mol. The number of nitrogens with one attached hydrogen (secondary N) is 1. The average molecular weight is 438 g/mol. The first kappa shape index (κ1) is 21.9. The van der Waals surface area contributed by atoms with Crippen molar-refractivity contribution in [2.75, 3.05) is 38.5 Å². The van der Waals surface area contributed by atoms with Gasteiger partial charge >= 0.3 is 0 Å². The van der Waals surface area contributed by atoms with Crippen LogP contribution in [0.2, 0.25) is 0 Å². The normalized spacial score (nSPS) is 19.2. The lowest BCUT2D eigenvalue weighted by Gasteiger charge is -2.24. The number of rotatable bonds is 9. The van der Waals surface area contributed by atoms with E-state index in [1.54, 1.807) is 11.8 Å². The van der Waals surface area contributed by atoms with Crippen molar-refractivity contribution in [2.24, 2.45) is 0 Å². The molecule has 0 aromatic heterocycles. The van der Waals surface area contributed by atoms with E-state index in [4.69, 9.17) is 0 Å². The number of likely N-dealkylation sites (tertiary alicyclic amines) is 1. The molecule has 2 aliphatic rings. The number of carbonyl (C=O) groups is 2. The molecule has 2 amide bonds. The number of thioether (sulfide) groups is 1. The maximum atomic E-state index is 12.5. The van der Waals surface area contributed by atoms with Crippen LogP contribution in [0.4, 0.5) is 0 Å². The smallest absolute Gasteiger partial charge is 0.251 e. The highest BCUT2D eigenvalue weighted by molar-refractivity contribution is 8.00. The van der Waals surface area contributed by atoms with Crippen molar-refractivity contribution >= 4 is 23.6 Å². The Kier molecular flexibility index (Phi) is 7.65. The van der Waals surface area contributed by atoms with Gasteiger partial charge < -0.3 is 15.1 Å². The van der Waals surface area contributed by atoms with Crippen LogP contribution in [0.5, 0.6) is 0 Å². The minimum atomic E-state index is -0.0240. The third kappa shape index (κ3) is 5.89. The SMILES string of the molecule is O=C(NCCCN1CCCC1)c1ccc([C@@H]2SCC(=O)N2CCc2ccccc2)cc1. The lowest BCUT2D eigenvalue weighted by atomic mass is 10.1. The van der Waals surface area contributed by atoms with E-state index in [0.29, 0.717) is 24.4 Å². The van der Waals surface area contributed by atoms with Crippen molar-refractivity contribution in [3.8, 4) is 0 Å². The molecule has 2 aromatic rings. The third-order valence-electron chi connectivity index (χ3n) is 6.05. The molecule has 164 valence electrons. The van der Waals surface area contributed by atoms with Crippen molar-refractivity contribution in [1.82, 2.24) is 15.1 Å². The molecular formula is C25H31N3O2S. The quantitative estimate of drug-likeness (QED) is 0.608. The van der Waals surface area contributed by atoms with Crippen molar-refractivity contribution in [3.63, 3.8) is 0 Å². The Hall–Kier alpha value is -2.31. The molecule has 0 radical (unpaired) electrons. The Morgan fingerprint density at radius 2 is 1.74 bits per heavy atom. The first-order valence-electron chi connectivity index (χ1n) is 11.3. The number of carbonyl (C=O) groups excluding carboxylic acids is 2. The lowest BCUT2D eigenvalue weighted by molar-refractivity contribution is -0.128. The summed E-state index contributed by atoms with van der Waals surface area (Å²) >= 11 is 1.66. The molecule has 0 saturated carbocycles. The Balaban J connectivity index is 1.28. The summed E-state index contributed by atoms with van der Waals surface area (Å²) in [5, 5.41) is 3.05. The molecule has 2 aliphatic heterocycles. The molecule has 0 spiro atoms. The predicted octanol–water partition coefficient (Wildman–Crippen LogP) is 3.72. The van der Waals surface area contributed by atoms with Crippen LogP contribution in [0.1, 0.15) is 46.1 Å². The second-order valence-electron chi connectivity index (χ2n) is 8.27. The third-order valence-corrected chi connectivity index (χ3v) is 7.30. The number of hydrogen-bond acceptors (Lipinski definition) is 4. The number of hydrogen-bond donors (Lipinski definition) is 1. The van der Waals surface area contributed by atoms with Gasteiger partial charge in [0.1, 0.15) is 5.37 Å². The molecule has 6 heteroatoms. The highest BCUT2D eigenvalue weighted by atomic mass is 32.2. The van der Waals surface area contributed by atoms with Crippen LogP contribution in [0.25, 0.3) is 0 Å². The van der Waals surface area contributed by atoms with Gasteiger partial charge in [0.05, 0.1) is 5.75 Å². The summed E-state index contributed by atoms with van der Waals surface area (Å²) in [7, 11) is 0. The summed E-state index contributed by atoms with van der Waals surface area (Å²) < 4.78 is 0. The average Bonchev–Trinajstić information content (AvgIpc) is 3.46. The molecule has 4 rings (SSSR count). The first-order valence-corrected chi connectivity index (χ1v) is 12.3. The first-order chi connectivity index (χ1) is 15.2. The molecule has 1 N–H and O–H groups in total. The Bertz CT molecular complexity index is 866. The summed E-state index contributed by atoms with van der Waals surface area (Å²) in [4.78, 5) is 29.3. The van der Waals surface area contributed by atoms with Gasteiger partial charge in [-0.05, 0) is 68.6 Å². The molecule has 0 unspecified atom stereocenters. The summed E-state index contributed by atoms with van der Waals surface area (Å²) in [6.45, 7) is 4.86. The number of benzene rings is 2. The van der Waals surface area contributed by atoms with Gasteiger partial charge in [0.15, 0.2) is 0 Å². The number of amides is 2. The topological polar surface area (TPSA) is 52.7 Å². The van der Waals surface area contributed by atoms with Crippen molar-refractivity contribution in [3.05, 3.63) is 71.3 Å². The predicted molar refractivity (Wildman–Crippen MR) is 126 cm³/mol. The standard InChI is InChI=1S/C25H31N3O2S/c29-23-19-31-25(28(23)18-13-20-7-2-1-3-8-20)22-11-9-21(10-12-22)24(30)26-14-6-17-27-15-4-5-16-27/h1-3,7-12,25H,4-6,13-19H2,(H,26,30)/t25-/m0/s1. The van der Waals surface area contributed by atoms with E-state index in [0.717, 1.165) is 24.9 Å². The van der Waals surface area contributed by atoms with Gasteiger partial charge in [0, 0.05) is 18.7 Å². The van der Waals surface area contributed by atoms with Crippen molar-refractivity contribution in [1.29, 1.82) is 0 Å². The zero-order chi connectivity index (χ0) is 21.5. The van der Waals surface area contributed by atoms with Gasteiger partial charge in [0.2, 0.25) is 5.91 Å². The van der Waals surface area contributed by atoms with Gasteiger partial charge in [-0.15, -0.1) is 11.8 Å². The van der Waals surface area contributed by atoms with Gasteiger partial charge in [-0.2, -0.15) is 0 Å². The second-order valence-corrected chi connectivity index (χ2v) is 9.33. The van der Waals surface area contributed by atoms with E-state index in [1.165, 1.54) is 31.5 Å². The second kappa shape index (κ2) is 10.8. The molecule has 2 saturated heterocycles. The van der Waals surface area contributed by atoms with Crippen molar-refractivity contribution in [2.45, 2.75) is 31.1 Å². The molecule has 2 heterocycles. The van der Waals surface area contributed by atoms with Crippen molar-refractivity contribution < 1.29 is 9.59 Å². The van der Waals surface area contributed by atoms with E-state index < -0.39 is 0 Å². The molecule has 5 nitrogen and oxygen atoms in total. The van der Waals surface area contributed by atoms with Gasteiger partial charge in [0.25, 0.3) is 5.91 Å². The van der Waals surface area contributed by atoms with E-state index in [1.807, 2.05) is 47.4 Å². The fourth-order valence-electron chi connectivity index (χ4n) is 4.28. The molecule has 1 atom stereocenters. The van der Waals surface area contributed by atoms with E-state index >= 15 is 0 Å². The van der Waals surface area contributed by atoms with E-state index in [-0.39, 0.29) is 17.2 Å². The van der Waals surface area contributed by atoms with Crippen LogP contribution in [-0.2, 0) is 11.2 Å². The van der Waals surface area contributed by atoms with E-state index in [9.17, 15) is 9.59 Å². The zero-order valence-electron chi connectivity index (χ0n) is 18.0. The lowest BCUT2D eigenvalue weighted by Crippen LogP contribution is -2.30. The molecule has 2 fully saturated rings. The van der Waals surface area contributed by atoms with Crippen LogP contribution in [0.3, 0.4) is 0 Å². The zero-order valence-corrected chi connectivity index (χ0v) is 18.8. The van der Waals surface area contributed by atoms with E-state index in [2.05, 4.69) is 22.3 Å². The Morgan fingerprint density at radius 3 is 2.48 bits per heavy atom. The maximum absolute atomic E-state index is 12.5. The van der Waals surface area contributed by atoms with Gasteiger partial charge in [-0.25, -0.2) is 0 Å².